The molecule has 7 nitrogen and oxygen atoms in total. The molecule has 0 aromatic rings. The lowest BCUT2D eigenvalue weighted by molar-refractivity contribution is -0.137. The zero-order valence-corrected chi connectivity index (χ0v) is 10.9. The van der Waals surface area contributed by atoms with Crippen LogP contribution in [0.25, 0.3) is 0 Å². The fourth-order valence-corrected chi connectivity index (χ4v) is 1.65. The molecule has 1 atom stereocenters. The number of carbonyl (C=O) groups is 2. The normalized spacial score (nSPS) is 18.9. The molecule has 0 aromatic carbocycles. The van der Waals surface area contributed by atoms with Crippen molar-refractivity contribution in [3.05, 3.63) is 0 Å². The summed E-state index contributed by atoms with van der Waals surface area (Å²) in [6, 6.07) is -0.345. The van der Waals surface area contributed by atoms with Crippen molar-refractivity contribution in [1.82, 2.24) is 15.1 Å². The molecule has 2 amide bonds. The van der Waals surface area contributed by atoms with Gasteiger partial charge in [-0.05, 0) is 20.5 Å². The zero-order valence-electron chi connectivity index (χ0n) is 10.9. The van der Waals surface area contributed by atoms with E-state index >= 15 is 0 Å². The van der Waals surface area contributed by atoms with E-state index in [0.717, 1.165) is 6.42 Å². The Morgan fingerprint density at radius 1 is 1.39 bits per heavy atom. The van der Waals surface area contributed by atoms with Crippen LogP contribution in [0, 0.1) is 0 Å². The number of hydrogen-bond donors (Lipinski definition) is 2. The molecule has 1 saturated heterocycles. The van der Waals surface area contributed by atoms with E-state index in [4.69, 9.17) is 9.84 Å². The van der Waals surface area contributed by atoms with Gasteiger partial charge in [-0.2, -0.15) is 0 Å². The van der Waals surface area contributed by atoms with Crippen molar-refractivity contribution in [3.8, 4) is 0 Å². The molecule has 0 aliphatic carbocycles. The van der Waals surface area contributed by atoms with Crippen molar-refractivity contribution < 1.29 is 19.4 Å². The zero-order chi connectivity index (χ0) is 13.5. The number of urea groups is 1. The van der Waals surface area contributed by atoms with E-state index in [1.807, 2.05) is 19.0 Å². The predicted molar refractivity (Wildman–Crippen MR) is 65.5 cm³/mol. The lowest BCUT2D eigenvalue weighted by atomic mass is 10.3. The highest BCUT2D eigenvalue weighted by molar-refractivity contribution is 5.80. The van der Waals surface area contributed by atoms with Gasteiger partial charge in [-0.25, -0.2) is 4.79 Å². The van der Waals surface area contributed by atoms with Gasteiger partial charge >= 0.3 is 12.0 Å². The highest BCUT2D eigenvalue weighted by atomic mass is 16.5. The second-order valence-corrected chi connectivity index (χ2v) is 4.63. The number of ether oxygens (including phenoxy) is 1. The lowest BCUT2D eigenvalue weighted by Gasteiger charge is -2.24. The Hall–Kier alpha value is -1.34. The molecule has 7 heteroatoms. The maximum Gasteiger partial charge on any atom is 0.323 e. The molecule has 1 rings (SSSR count). The number of carbonyl (C=O) groups excluding carboxylic acids is 1. The van der Waals surface area contributed by atoms with E-state index in [0.29, 0.717) is 26.3 Å². The van der Waals surface area contributed by atoms with Crippen LogP contribution in [0.4, 0.5) is 4.79 Å². The number of carboxylic acids is 1. The number of carboxylic acid groups (broad SMARTS) is 1. The van der Waals surface area contributed by atoms with E-state index in [9.17, 15) is 9.59 Å². The number of nitrogens with one attached hydrogen (secondary N) is 1. The molecule has 1 unspecified atom stereocenters. The third-order valence-corrected chi connectivity index (χ3v) is 2.69. The summed E-state index contributed by atoms with van der Waals surface area (Å²) in [7, 11) is 3.75. The van der Waals surface area contributed by atoms with Crippen molar-refractivity contribution in [2.24, 2.45) is 0 Å². The van der Waals surface area contributed by atoms with Crippen LogP contribution in [0.3, 0.4) is 0 Å². The van der Waals surface area contributed by atoms with E-state index in [1.165, 1.54) is 4.90 Å². The summed E-state index contributed by atoms with van der Waals surface area (Å²) in [6.45, 7) is 1.87. The lowest BCUT2D eigenvalue weighted by Crippen LogP contribution is -2.48. The van der Waals surface area contributed by atoms with E-state index in [2.05, 4.69) is 5.32 Å². The molecule has 0 bridgehead atoms. The Labute approximate surface area is 107 Å². The van der Waals surface area contributed by atoms with Gasteiger partial charge in [-0.15, -0.1) is 0 Å². The van der Waals surface area contributed by atoms with Gasteiger partial charge < -0.3 is 25.0 Å². The molecule has 0 aromatic heterocycles. The standard InChI is InChI=1S/C11H21N3O4/c1-13(2)4-5-14(7-10(15)16)11(17)12-9-3-6-18-8-9/h9H,3-8H2,1-2H3,(H,12,17)(H,15,16). The van der Waals surface area contributed by atoms with Gasteiger partial charge in [0, 0.05) is 19.7 Å². The van der Waals surface area contributed by atoms with Crippen molar-refractivity contribution in [2.75, 3.05) is 46.9 Å². The van der Waals surface area contributed by atoms with Crippen LogP contribution in [0.5, 0.6) is 0 Å². The molecule has 1 heterocycles. The first-order valence-electron chi connectivity index (χ1n) is 5.98. The van der Waals surface area contributed by atoms with Crippen LogP contribution >= 0.6 is 0 Å². The second-order valence-electron chi connectivity index (χ2n) is 4.63. The number of rotatable bonds is 6. The van der Waals surface area contributed by atoms with Gasteiger partial charge in [-0.3, -0.25) is 4.79 Å². The van der Waals surface area contributed by atoms with E-state index < -0.39 is 5.97 Å². The summed E-state index contributed by atoms with van der Waals surface area (Å²) in [5, 5.41) is 11.6. The predicted octanol–water partition coefficient (Wildman–Crippen LogP) is -0.567. The van der Waals surface area contributed by atoms with Crippen LogP contribution < -0.4 is 5.32 Å². The maximum absolute atomic E-state index is 11.9. The molecule has 0 radical (unpaired) electrons. The van der Waals surface area contributed by atoms with Gasteiger partial charge in [0.2, 0.25) is 0 Å². The van der Waals surface area contributed by atoms with Crippen molar-refractivity contribution in [1.29, 1.82) is 0 Å². The van der Waals surface area contributed by atoms with Crippen LogP contribution in [0.2, 0.25) is 0 Å². The van der Waals surface area contributed by atoms with E-state index in [-0.39, 0.29) is 18.6 Å². The van der Waals surface area contributed by atoms with Crippen LogP contribution in [0.1, 0.15) is 6.42 Å². The minimum Gasteiger partial charge on any atom is -0.480 e. The summed E-state index contributed by atoms with van der Waals surface area (Å²) in [5.41, 5.74) is 0. The third kappa shape index (κ3) is 5.33. The SMILES string of the molecule is CN(C)CCN(CC(=O)O)C(=O)NC1CCOC1. The second kappa shape index (κ2) is 7.17. The van der Waals surface area contributed by atoms with Gasteiger partial charge in [0.25, 0.3) is 0 Å². The first-order chi connectivity index (χ1) is 8.49. The Morgan fingerprint density at radius 3 is 2.61 bits per heavy atom. The van der Waals surface area contributed by atoms with Crippen molar-refractivity contribution in [2.45, 2.75) is 12.5 Å². The minimum atomic E-state index is -1.01. The average Bonchev–Trinajstić information content (AvgIpc) is 2.76. The van der Waals surface area contributed by atoms with Gasteiger partial charge in [0.1, 0.15) is 6.54 Å². The summed E-state index contributed by atoms with van der Waals surface area (Å²) in [6.07, 6.45) is 0.778. The van der Waals surface area contributed by atoms with Gasteiger partial charge in [0.05, 0.1) is 12.6 Å². The molecule has 1 aliphatic rings. The minimum absolute atomic E-state index is 0.00634. The third-order valence-electron chi connectivity index (χ3n) is 2.69. The highest BCUT2D eigenvalue weighted by Gasteiger charge is 2.22. The number of aliphatic carboxylic acids is 1. The highest BCUT2D eigenvalue weighted by Crippen LogP contribution is 2.04. The Kier molecular flexibility index (Phi) is 5.87. The molecule has 0 saturated carbocycles. The summed E-state index contributed by atoms with van der Waals surface area (Å²) in [4.78, 5) is 25.9. The molecule has 1 fully saturated rings. The Bertz CT molecular complexity index is 290. The maximum atomic E-state index is 11.9. The Morgan fingerprint density at radius 2 is 2.11 bits per heavy atom. The molecule has 18 heavy (non-hydrogen) atoms. The molecular formula is C11H21N3O4. The van der Waals surface area contributed by atoms with Gasteiger partial charge in [-0.1, -0.05) is 0 Å². The quantitative estimate of drug-likeness (QED) is 0.668. The fraction of sp³-hybridized carbons (Fsp3) is 0.818. The molecule has 0 spiro atoms. The summed E-state index contributed by atoms with van der Waals surface area (Å²) in [5.74, 6) is -1.01. The topological polar surface area (TPSA) is 82.1 Å². The molecular weight excluding hydrogens is 238 g/mol. The van der Waals surface area contributed by atoms with Crippen molar-refractivity contribution in [3.63, 3.8) is 0 Å². The van der Waals surface area contributed by atoms with Crippen LogP contribution in [0.15, 0.2) is 0 Å². The van der Waals surface area contributed by atoms with Crippen LogP contribution in [-0.4, -0.2) is 79.9 Å². The first-order valence-corrected chi connectivity index (χ1v) is 5.98. The monoisotopic (exact) mass is 259 g/mol. The molecule has 1 aliphatic heterocycles. The number of nitrogens with zero attached hydrogens (tertiary/aromatic N) is 2. The molecule has 104 valence electrons. The smallest absolute Gasteiger partial charge is 0.323 e. The first kappa shape index (κ1) is 14.7. The van der Waals surface area contributed by atoms with Crippen LogP contribution in [-0.2, 0) is 9.53 Å². The number of likely N-dealkylation sites (N-methyl/N-ethyl adjacent to an activating group) is 1. The number of hydrogen-bond acceptors (Lipinski definition) is 4. The fourth-order valence-electron chi connectivity index (χ4n) is 1.65. The van der Waals surface area contributed by atoms with Crippen molar-refractivity contribution >= 4 is 12.0 Å². The number of amides is 2. The largest absolute Gasteiger partial charge is 0.480 e. The molecule has 2 N–H and O–H groups in total. The summed E-state index contributed by atoms with van der Waals surface area (Å²) >= 11 is 0. The van der Waals surface area contributed by atoms with Gasteiger partial charge in [0.15, 0.2) is 0 Å². The van der Waals surface area contributed by atoms with E-state index in [1.54, 1.807) is 0 Å². The average molecular weight is 259 g/mol. The Balaban J connectivity index is 2.45. The summed E-state index contributed by atoms with van der Waals surface area (Å²) < 4.78 is 5.16.